The standard InChI is InChI=1S/C11H15N3O3/c1-14(6-7-2-8(15)3-7)10-5-12-9(4-13-10)11(16)17/h4-5,7-8,15H,2-3,6H2,1H3,(H,16,17). The van der Waals surface area contributed by atoms with Gasteiger partial charge in [-0.15, -0.1) is 0 Å². The number of aliphatic hydroxyl groups excluding tert-OH is 1. The number of nitrogens with zero attached hydrogens (tertiary/aromatic N) is 3. The minimum atomic E-state index is -1.08. The van der Waals surface area contributed by atoms with Crippen LogP contribution in [0.2, 0.25) is 0 Å². The van der Waals surface area contributed by atoms with Gasteiger partial charge in [0.1, 0.15) is 5.82 Å². The maximum atomic E-state index is 10.6. The SMILES string of the molecule is CN(CC1CC(O)C1)c1cnc(C(=O)O)cn1. The molecule has 92 valence electrons. The van der Waals surface area contributed by atoms with Crippen LogP contribution in [0.1, 0.15) is 23.3 Å². The van der Waals surface area contributed by atoms with Crippen molar-refractivity contribution in [3.8, 4) is 0 Å². The zero-order valence-corrected chi connectivity index (χ0v) is 9.58. The molecule has 1 heterocycles. The van der Waals surface area contributed by atoms with Crippen LogP contribution in [-0.4, -0.2) is 45.8 Å². The molecule has 0 bridgehead atoms. The number of anilines is 1. The van der Waals surface area contributed by atoms with Crippen LogP contribution in [0, 0.1) is 5.92 Å². The van der Waals surface area contributed by atoms with Gasteiger partial charge in [-0.1, -0.05) is 0 Å². The molecule has 6 nitrogen and oxygen atoms in total. The van der Waals surface area contributed by atoms with E-state index in [2.05, 4.69) is 9.97 Å². The molecule has 0 radical (unpaired) electrons. The van der Waals surface area contributed by atoms with E-state index < -0.39 is 5.97 Å². The number of hydrogen-bond acceptors (Lipinski definition) is 5. The lowest BCUT2D eigenvalue weighted by Crippen LogP contribution is -2.37. The molecule has 2 N–H and O–H groups in total. The number of carbonyl (C=O) groups is 1. The van der Waals surface area contributed by atoms with Gasteiger partial charge in [-0.2, -0.15) is 0 Å². The van der Waals surface area contributed by atoms with Crippen molar-refractivity contribution >= 4 is 11.8 Å². The third kappa shape index (κ3) is 2.71. The molecule has 0 atom stereocenters. The van der Waals surface area contributed by atoms with Gasteiger partial charge in [0.25, 0.3) is 0 Å². The number of aliphatic hydroxyl groups is 1. The van der Waals surface area contributed by atoms with Crippen molar-refractivity contribution in [1.82, 2.24) is 9.97 Å². The van der Waals surface area contributed by atoms with Gasteiger partial charge in [-0.25, -0.2) is 14.8 Å². The lowest BCUT2D eigenvalue weighted by molar-refractivity contribution is 0.0464. The fourth-order valence-corrected chi connectivity index (χ4v) is 1.96. The van der Waals surface area contributed by atoms with Crippen molar-refractivity contribution in [3.05, 3.63) is 18.1 Å². The van der Waals surface area contributed by atoms with Gasteiger partial charge in [0, 0.05) is 13.6 Å². The first-order valence-corrected chi connectivity index (χ1v) is 5.51. The molecule has 1 aliphatic rings. The predicted molar refractivity (Wildman–Crippen MR) is 61.0 cm³/mol. The number of rotatable bonds is 4. The molecule has 1 fully saturated rings. The monoisotopic (exact) mass is 237 g/mol. The summed E-state index contributed by atoms with van der Waals surface area (Å²) in [5, 5.41) is 17.9. The van der Waals surface area contributed by atoms with E-state index in [4.69, 9.17) is 5.11 Å². The summed E-state index contributed by atoms with van der Waals surface area (Å²) in [6.07, 6.45) is 4.20. The highest BCUT2D eigenvalue weighted by Gasteiger charge is 2.28. The van der Waals surface area contributed by atoms with Crippen molar-refractivity contribution in [2.24, 2.45) is 5.92 Å². The van der Waals surface area contributed by atoms with Crippen LogP contribution in [0.15, 0.2) is 12.4 Å². The summed E-state index contributed by atoms with van der Waals surface area (Å²) in [7, 11) is 1.88. The molecule has 17 heavy (non-hydrogen) atoms. The second-order valence-electron chi connectivity index (χ2n) is 4.44. The lowest BCUT2D eigenvalue weighted by atomic mass is 9.82. The van der Waals surface area contributed by atoms with Gasteiger partial charge in [-0.05, 0) is 18.8 Å². The van der Waals surface area contributed by atoms with Crippen LogP contribution in [0.5, 0.6) is 0 Å². The molecular weight excluding hydrogens is 222 g/mol. The first-order chi connectivity index (χ1) is 8.06. The summed E-state index contributed by atoms with van der Waals surface area (Å²) in [4.78, 5) is 20.4. The second-order valence-corrected chi connectivity index (χ2v) is 4.44. The fourth-order valence-electron chi connectivity index (χ4n) is 1.96. The molecule has 0 aromatic carbocycles. The maximum absolute atomic E-state index is 10.6. The third-order valence-corrected chi connectivity index (χ3v) is 2.99. The van der Waals surface area contributed by atoms with Gasteiger partial charge in [0.15, 0.2) is 5.69 Å². The minimum absolute atomic E-state index is 0.0544. The van der Waals surface area contributed by atoms with Crippen LogP contribution in [0.25, 0.3) is 0 Å². The van der Waals surface area contributed by atoms with Crippen LogP contribution in [-0.2, 0) is 0 Å². The van der Waals surface area contributed by atoms with Crippen molar-refractivity contribution in [3.63, 3.8) is 0 Å². The van der Waals surface area contributed by atoms with Crippen LogP contribution in [0.3, 0.4) is 0 Å². The van der Waals surface area contributed by atoms with E-state index in [1.807, 2.05) is 11.9 Å². The van der Waals surface area contributed by atoms with Gasteiger partial charge in [0.05, 0.1) is 18.5 Å². The number of carboxylic acids is 1. The molecule has 2 rings (SSSR count). The zero-order chi connectivity index (χ0) is 12.4. The fraction of sp³-hybridized carbons (Fsp3) is 0.545. The summed E-state index contributed by atoms with van der Waals surface area (Å²) in [5.74, 6) is 0.0566. The molecule has 1 saturated carbocycles. The Bertz CT molecular complexity index is 401. The molecule has 0 spiro atoms. The number of aromatic carboxylic acids is 1. The minimum Gasteiger partial charge on any atom is -0.476 e. The van der Waals surface area contributed by atoms with E-state index in [0.717, 1.165) is 19.4 Å². The molecule has 0 amide bonds. The summed E-state index contributed by atoms with van der Waals surface area (Å²) in [5.41, 5.74) is -0.0544. The van der Waals surface area contributed by atoms with Gasteiger partial charge in [-0.3, -0.25) is 0 Å². The van der Waals surface area contributed by atoms with E-state index in [9.17, 15) is 9.90 Å². The normalized spacial score (nSPS) is 22.9. The molecular formula is C11H15N3O3. The topological polar surface area (TPSA) is 86.5 Å². The summed E-state index contributed by atoms with van der Waals surface area (Å²) in [6.45, 7) is 0.804. The molecule has 1 aromatic rings. The second kappa shape index (κ2) is 4.67. The predicted octanol–water partition coefficient (Wildman–Crippen LogP) is 0.382. The van der Waals surface area contributed by atoms with Gasteiger partial charge in [0.2, 0.25) is 0 Å². The smallest absolute Gasteiger partial charge is 0.356 e. The summed E-state index contributed by atoms with van der Waals surface area (Å²) >= 11 is 0. The van der Waals surface area contributed by atoms with Crippen molar-refractivity contribution in [2.45, 2.75) is 18.9 Å². The van der Waals surface area contributed by atoms with Crippen LogP contribution in [0.4, 0.5) is 5.82 Å². The Hall–Kier alpha value is -1.69. The highest BCUT2D eigenvalue weighted by molar-refractivity contribution is 5.84. The number of carboxylic acid groups (broad SMARTS) is 1. The van der Waals surface area contributed by atoms with Crippen molar-refractivity contribution in [2.75, 3.05) is 18.5 Å². The van der Waals surface area contributed by atoms with E-state index in [-0.39, 0.29) is 11.8 Å². The Labute approximate surface area is 98.9 Å². The Kier molecular flexibility index (Phi) is 3.23. The van der Waals surface area contributed by atoms with E-state index in [1.165, 1.54) is 12.4 Å². The van der Waals surface area contributed by atoms with Crippen LogP contribution < -0.4 is 4.90 Å². The molecule has 1 aliphatic carbocycles. The van der Waals surface area contributed by atoms with E-state index >= 15 is 0 Å². The van der Waals surface area contributed by atoms with Crippen molar-refractivity contribution < 1.29 is 15.0 Å². The highest BCUT2D eigenvalue weighted by atomic mass is 16.4. The van der Waals surface area contributed by atoms with Gasteiger partial charge < -0.3 is 15.1 Å². The average Bonchev–Trinajstić information content (AvgIpc) is 2.27. The van der Waals surface area contributed by atoms with E-state index in [1.54, 1.807) is 0 Å². The first-order valence-electron chi connectivity index (χ1n) is 5.51. The highest BCUT2D eigenvalue weighted by Crippen LogP contribution is 2.28. The van der Waals surface area contributed by atoms with Crippen molar-refractivity contribution in [1.29, 1.82) is 0 Å². The largest absolute Gasteiger partial charge is 0.476 e. The number of hydrogen-bond donors (Lipinski definition) is 2. The Morgan fingerprint density at radius 1 is 1.47 bits per heavy atom. The number of aromatic nitrogens is 2. The zero-order valence-electron chi connectivity index (χ0n) is 9.58. The third-order valence-electron chi connectivity index (χ3n) is 2.99. The Morgan fingerprint density at radius 2 is 2.18 bits per heavy atom. The molecule has 0 aliphatic heterocycles. The molecule has 0 saturated heterocycles. The summed E-state index contributed by atoms with van der Waals surface area (Å²) < 4.78 is 0. The Morgan fingerprint density at radius 3 is 2.65 bits per heavy atom. The Balaban J connectivity index is 1.94. The first kappa shape index (κ1) is 11.8. The molecule has 6 heteroatoms. The molecule has 0 unspecified atom stereocenters. The molecule has 1 aromatic heterocycles. The average molecular weight is 237 g/mol. The van der Waals surface area contributed by atoms with Gasteiger partial charge >= 0.3 is 5.97 Å². The quantitative estimate of drug-likeness (QED) is 0.787. The van der Waals surface area contributed by atoms with Crippen LogP contribution >= 0.6 is 0 Å². The maximum Gasteiger partial charge on any atom is 0.356 e. The van der Waals surface area contributed by atoms with E-state index in [0.29, 0.717) is 11.7 Å². The lowest BCUT2D eigenvalue weighted by Gasteiger charge is -2.34. The summed E-state index contributed by atoms with van der Waals surface area (Å²) in [6, 6.07) is 0.